The van der Waals surface area contributed by atoms with Crippen molar-refractivity contribution in [1.82, 2.24) is 5.32 Å². The van der Waals surface area contributed by atoms with Crippen molar-refractivity contribution >= 4 is 19.7 Å². The van der Waals surface area contributed by atoms with Gasteiger partial charge in [0, 0.05) is 12.8 Å². The predicted octanol–water partition coefficient (Wildman–Crippen LogP) is 19.4. The Hall–Kier alpha value is -2.29. The Morgan fingerprint density at radius 1 is 0.467 bits per heavy atom. The second-order valence-corrected chi connectivity index (χ2v) is 24.0. The van der Waals surface area contributed by atoms with Crippen LogP contribution in [0, 0.1) is 0 Å². The van der Waals surface area contributed by atoms with E-state index in [-0.39, 0.29) is 31.5 Å². The summed E-state index contributed by atoms with van der Waals surface area (Å²) in [6.45, 7) is 6.99. The van der Waals surface area contributed by atoms with E-state index >= 15 is 0 Å². The van der Waals surface area contributed by atoms with Crippen molar-refractivity contribution in [3.8, 4) is 0 Å². The van der Waals surface area contributed by atoms with E-state index < -0.39 is 20.0 Å². The highest BCUT2D eigenvalue weighted by atomic mass is 31.2. The summed E-state index contributed by atoms with van der Waals surface area (Å²) in [4.78, 5) is 37.7. The molecule has 0 aromatic heterocycles. The van der Waals surface area contributed by atoms with Crippen LogP contribution in [0.3, 0.4) is 0 Å². The van der Waals surface area contributed by atoms with Gasteiger partial charge < -0.3 is 19.4 Å². The van der Waals surface area contributed by atoms with Crippen LogP contribution in [0.5, 0.6) is 0 Å². The number of carbonyl (C=O) groups is 2. The number of hydrogen-bond acceptors (Lipinski definition) is 6. The van der Waals surface area contributed by atoms with Crippen molar-refractivity contribution in [3.05, 3.63) is 60.8 Å². The van der Waals surface area contributed by atoms with E-state index in [0.717, 1.165) is 103 Å². The number of allylic oxidation sites excluding steroid dienone is 9. The van der Waals surface area contributed by atoms with Crippen molar-refractivity contribution in [2.45, 2.75) is 303 Å². The number of nitrogens with one attached hydrogen (secondary N) is 1. The summed E-state index contributed by atoms with van der Waals surface area (Å²) >= 11 is 0. The lowest BCUT2D eigenvalue weighted by molar-refractivity contribution is -0.870. The monoisotopic (exact) mass is 1070 g/mol. The minimum atomic E-state index is -4.45. The van der Waals surface area contributed by atoms with Gasteiger partial charge in [-0.3, -0.25) is 18.6 Å². The minimum absolute atomic E-state index is 0.0366. The van der Waals surface area contributed by atoms with Gasteiger partial charge in [0.1, 0.15) is 19.3 Å². The molecule has 438 valence electrons. The Labute approximate surface area is 464 Å². The predicted molar refractivity (Wildman–Crippen MR) is 323 cm³/mol. The summed E-state index contributed by atoms with van der Waals surface area (Å²) in [5.74, 6) is -0.518. The molecular formula is C65H122N2O7P+. The van der Waals surface area contributed by atoms with Crippen LogP contribution < -0.4 is 5.32 Å². The van der Waals surface area contributed by atoms with Gasteiger partial charge in [0.05, 0.1) is 33.8 Å². The first-order chi connectivity index (χ1) is 36.4. The molecule has 0 rings (SSSR count). The topological polar surface area (TPSA) is 111 Å². The van der Waals surface area contributed by atoms with E-state index in [0.29, 0.717) is 17.4 Å². The molecule has 9 nitrogen and oxygen atoms in total. The molecule has 0 aromatic carbocycles. The number of rotatable bonds is 57. The largest absolute Gasteiger partial charge is 0.472 e. The van der Waals surface area contributed by atoms with Gasteiger partial charge in [-0.2, -0.15) is 0 Å². The summed E-state index contributed by atoms with van der Waals surface area (Å²) in [6, 6.07) is -0.856. The molecule has 0 aliphatic rings. The fraction of sp³-hybridized carbons (Fsp3) is 0.815. The first-order valence-electron chi connectivity index (χ1n) is 31.6. The number of amides is 1. The number of esters is 1. The molecular weight excluding hydrogens is 952 g/mol. The number of likely N-dealkylation sites (N-methyl/N-ethyl adjacent to an activating group) is 1. The molecule has 10 heteroatoms. The fourth-order valence-electron chi connectivity index (χ4n) is 9.00. The smallest absolute Gasteiger partial charge is 0.456 e. The molecule has 0 aliphatic carbocycles. The molecule has 0 bridgehead atoms. The quantitative estimate of drug-likeness (QED) is 0.0205. The van der Waals surface area contributed by atoms with E-state index in [1.165, 1.54) is 154 Å². The molecule has 0 aromatic rings. The summed E-state index contributed by atoms with van der Waals surface area (Å²) in [5, 5.41) is 3.05. The normalized spacial score (nSPS) is 14.1. The molecule has 0 radical (unpaired) electrons. The Kier molecular flexibility index (Phi) is 53.4. The summed E-state index contributed by atoms with van der Waals surface area (Å²) < 4.78 is 30.7. The molecule has 3 atom stereocenters. The van der Waals surface area contributed by atoms with Crippen LogP contribution in [-0.4, -0.2) is 74.3 Å². The van der Waals surface area contributed by atoms with E-state index in [9.17, 15) is 19.0 Å². The Morgan fingerprint density at radius 3 is 1.25 bits per heavy atom. The van der Waals surface area contributed by atoms with Gasteiger partial charge in [0.25, 0.3) is 0 Å². The van der Waals surface area contributed by atoms with E-state index in [1.807, 2.05) is 33.3 Å². The van der Waals surface area contributed by atoms with Crippen molar-refractivity contribution < 1.29 is 37.3 Å². The molecule has 1 amide bonds. The van der Waals surface area contributed by atoms with Crippen molar-refractivity contribution in [1.29, 1.82) is 0 Å². The van der Waals surface area contributed by atoms with Gasteiger partial charge in [-0.05, 0) is 96.0 Å². The first kappa shape index (κ1) is 72.7. The number of phosphoric acid groups is 1. The highest BCUT2D eigenvalue weighted by molar-refractivity contribution is 7.47. The summed E-state index contributed by atoms with van der Waals surface area (Å²) in [7, 11) is 1.49. The Bertz CT molecular complexity index is 1470. The maximum Gasteiger partial charge on any atom is 0.472 e. The fourth-order valence-corrected chi connectivity index (χ4v) is 9.74. The molecule has 3 unspecified atom stereocenters. The zero-order valence-corrected chi connectivity index (χ0v) is 50.9. The second kappa shape index (κ2) is 55.0. The number of nitrogens with zero attached hydrogens (tertiary/aromatic N) is 1. The number of phosphoric ester groups is 1. The lowest BCUT2D eigenvalue weighted by Gasteiger charge is -2.27. The molecule has 75 heavy (non-hydrogen) atoms. The van der Waals surface area contributed by atoms with Crippen LogP contribution in [0.25, 0.3) is 0 Å². The zero-order valence-electron chi connectivity index (χ0n) is 50.0. The van der Waals surface area contributed by atoms with E-state index in [4.69, 9.17) is 13.8 Å². The standard InChI is InChI=1S/C65H121N2O7P/c1-7-10-13-16-19-22-25-28-30-32-33-34-35-36-38-40-43-46-49-52-55-58-65(69)74-63(56-53-50-47-44-41-27-24-21-18-15-12-9-3)62(61-73-75(70,71)72-60-59-67(4,5)6)66-64(68)57-54-51-48-45-42-39-37-31-29-26-23-20-17-14-11-8-2/h19,22,28,30-31,33-34,37,53,56,62-63H,7-18,20-21,23-27,29,32,35-36,38-52,54-55,57-61H2,1-6H3,(H-,66,68,70,71)/p+1/b22-19-,30-28-,34-33-,37-31+,56-53+. The average Bonchev–Trinajstić information content (AvgIpc) is 3.37. The van der Waals surface area contributed by atoms with Gasteiger partial charge in [0.15, 0.2) is 0 Å². The average molecular weight is 1070 g/mol. The number of carbonyl (C=O) groups excluding carboxylic acids is 2. The zero-order chi connectivity index (χ0) is 55.0. The lowest BCUT2D eigenvalue weighted by atomic mass is 10.0. The number of hydrogen-bond donors (Lipinski definition) is 2. The highest BCUT2D eigenvalue weighted by Gasteiger charge is 2.30. The van der Waals surface area contributed by atoms with E-state index in [1.54, 1.807) is 0 Å². The van der Waals surface area contributed by atoms with E-state index in [2.05, 4.69) is 74.7 Å². The number of ether oxygens (including phenoxy) is 1. The maximum absolute atomic E-state index is 13.5. The molecule has 0 aliphatic heterocycles. The van der Waals surface area contributed by atoms with Gasteiger partial charge in [-0.15, -0.1) is 0 Å². The third kappa shape index (κ3) is 56.2. The molecule has 0 saturated heterocycles. The van der Waals surface area contributed by atoms with Crippen LogP contribution in [0.15, 0.2) is 60.8 Å². The third-order valence-electron chi connectivity index (χ3n) is 13.9. The van der Waals surface area contributed by atoms with Gasteiger partial charge in [-0.25, -0.2) is 4.57 Å². The number of unbranched alkanes of at least 4 members (excludes halogenated alkanes) is 33. The first-order valence-corrected chi connectivity index (χ1v) is 33.1. The third-order valence-corrected chi connectivity index (χ3v) is 14.9. The molecule has 2 N–H and O–H groups in total. The van der Waals surface area contributed by atoms with Crippen LogP contribution >= 0.6 is 7.82 Å². The van der Waals surface area contributed by atoms with Crippen molar-refractivity contribution in [2.75, 3.05) is 40.9 Å². The van der Waals surface area contributed by atoms with Crippen LogP contribution in [0.2, 0.25) is 0 Å². The van der Waals surface area contributed by atoms with Crippen LogP contribution in [0.4, 0.5) is 0 Å². The van der Waals surface area contributed by atoms with Crippen LogP contribution in [0.1, 0.15) is 290 Å². The SMILES string of the molecule is CCCCC/C=C\C/C=C\C/C=C\CCCCCCCCCCC(=O)OC(/C=C/CCCCCCCCCCCC)C(COP(=O)(O)OCC[N+](C)(C)C)NC(=O)CCCCCCC/C=C/CCCCCCCCC. The molecule has 0 heterocycles. The van der Waals surface area contributed by atoms with Crippen LogP contribution in [-0.2, 0) is 27.9 Å². The van der Waals surface area contributed by atoms with Gasteiger partial charge in [0.2, 0.25) is 5.91 Å². The molecule has 0 fully saturated rings. The molecule has 0 saturated carbocycles. The summed E-state index contributed by atoms with van der Waals surface area (Å²) in [6.07, 6.45) is 69.2. The summed E-state index contributed by atoms with van der Waals surface area (Å²) in [5.41, 5.74) is 0. The highest BCUT2D eigenvalue weighted by Crippen LogP contribution is 2.43. The maximum atomic E-state index is 13.5. The van der Waals surface area contributed by atoms with Gasteiger partial charge in [-0.1, -0.05) is 242 Å². The second-order valence-electron chi connectivity index (χ2n) is 22.6. The lowest BCUT2D eigenvalue weighted by Crippen LogP contribution is -2.47. The Morgan fingerprint density at radius 2 is 0.813 bits per heavy atom. The minimum Gasteiger partial charge on any atom is -0.456 e. The molecule has 0 spiro atoms. The number of quaternary nitrogens is 1. The van der Waals surface area contributed by atoms with Crippen molar-refractivity contribution in [2.24, 2.45) is 0 Å². The van der Waals surface area contributed by atoms with Crippen molar-refractivity contribution in [3.63, 3.8) is 0 Å². The Balaban J connectivity index is 5.25. The van der Waals surface area contributed by atoms with Gasteiger partial charge >= 0.3 is 13.8 Å².